The van der Waals surface area contributed by atoms with Gasteiger partial charge in [0, 0.05) is 0 Å². The van der Waals surface area contributed by atoms with E-state index in [1.807, 2.05) is 4.72 Å². The summed E-state index contributed by atoms with van der Waals surface area (Å²) in [6.45, 7) is 1.24. The summed E-state index contributed by atoms with van der Waals surface area (Å²) in [6, 6.07) is 4.36. The zero-order chi connectivity index (χ0) is 20.5. The van der Waals surface area contributed by atoms with E-state index in [1.54, 1.807) is 0 Å². The van der Waals surface area contributed by atoms with Crippen LogP contribution in [0.25, 0.3) is 6.08 Å². The van der Waals surface area contributed by atoms with Crippen LogP contribution in [0, 0.1) is 5.82 Å². The molecule has 0 saturated heterocycles. The highest BCUT2D eigenvalue weighted by molar-refractivity contribution is 7.89. The highest BCUT2D eigenvalue weighted by Crippen LogP contribution is 2.13. The van der Waals surface area contributed by atoms with Gasteiger partial charge >= 0.3 is 18.1 Å². The van der Waals surface area contributed by atoms with Gasteiger partial charge in [-0.1, -0.05) is 24.3 Å². The summed E-state index contributed by atoms with van der Waals surface area (Å²) < 4.78 is 69.4. The van der Waals surface area contributed by atoms with Gasteiger partial charge in [0.15, 0.2) is 0 Å². The van der Waals surface area contributed by atoms with Crippen LogP contribution in [0.3, 0.4) is 0 Å². The summed E-state index contributed by atoms with van der Waals surface area (Å²) >= 11 is 0. The number of carboxylic acid groups (broad SMARTS) is 2. The van der Waals surface area contributed by atoms with Crippen molar-refractivity contribution in [2.24, 2.45) is 0 Å². The molecule has 1 rings (SSSR count). The van der Waals surface area contributed by atoms with Gasteiger partial charge in [0.2, 0.25) is 10.0 Å². The van der Waals surface area contributed by atoms with Crippen molar-refractivity contribution in [2.75, 3.05) is 5.75 Å². The number of carboxylic acids is 2. The first kappa shape index (κ1) is 23.5. The predicted molar refractivity (Wildman–Crippen MR) is 83.1 cm³/mol. The standard InChI is InChI=1S/C12H14FNO4S.C2HF3O2/c1-9(12(15)16)14-19(17,18)8-2-3-10-4-6-11(13)7-5-10;3-2(4,5)1(6)7/h2-7,9,14H,8H2,1H3,(H,15,16);(H,6,7). The third kappa shape index (κ3) is 10.4. The van der Waals surface area contributed by atoms with E-state index in [1.165, 1.54) is 43.3 Å². The molecule has 0 aliphatic rings. The van der Waals surface area contributed by atoms with Crippen LogP contribution in [0.5, 0.6) is 0 Å². The fourth-order valence-corrected chi connectivity index (χ4v) is 2.34. The second-order valence-electron chi connectivity index (χ2n) is 4.72. The maximum Gasteiger partial charge on any atom is 0.490 e. The molecule has 0 spiro atoms. The van der Waals surface area contributed by atoms with E-state index in [0.717, 1.165) is 0 Å². The number of sulfonamides is 1. The highest BCUT2D eigenvalue weighted by Gasteiger charge is 2.38. The Morgan fingerprint density at radius 1 is 1.19 bits per heavy atom. The van der Waals surface area contributed by atoms with Crippen molar-refractivity contribution in [3.63, 3.8) is 0 Å². The van der Waals surface area contributed by atoms with Crippen LogP contribution in [0.2, 0.25) is 0 Å². The first-order valence-electron chi connectivity index (χ1n) is 6.69. The molecule has 26 heavy (non-hydrogen) atoms. The Hall–Kier alpha value is -2.47. The molecule has 0 heterocycles. The van der Waals surface area contributed by atoms with E-state index < -0.39 is 34.2 Å². The molecule has 1 atom stereocenters. The minimum Gasteiger partial charge on any atom is -0.480 e. The molecule has 1 unspecified atom stereocenters. The molecule has 0 saturated carbocycles. The van der Waals surface area contributed by atoms with E-state index in [0.29, 0.717) is 5.56 Å². The number of aliphatic carboxylic acids is 2. The summed E-state index contributed by atoms with van der Waals surface area (Å²) in [5, 5.41) is 15.7. The van der Waals surface area contributed by atoms with E-state index in [2.05, 4.69) is 0 Å². The predicted octanol–water partition coefficient (Wildman–Crippen LogP) is 1.86. The quantitative estimate of drug-likeness (QED) is 0.626. The third-order valence-electron chi connectivity index (χ3n) is 2.47. The molecule has 3 N–H and O–H groups in total. The molecule has 7 nitrogen and oxygen atoms in total. The Labute approximate surface area is 146 Å². The number of alkyl halides is 3. The van der Waals surface area contributed by atoms with Crippen molar-refractivity contribution in [2.45, 2.75) is 19.1 Å². The summed E-state index contributed by atoms with van der Waals surface area (Å²) in [4.78, 5) is 19.4. The maximum atomic E-state index is 12.6. The van der Waals surface area contributed by atoms with Gasteiger partial charge in [-0.2, -0.15) is 13.2 Å². The second-order valence-corrected chi connectivity index (χ2v) is 6.51. The van der Waals surface area contributed by atoms with E-state index >= 15 is 0 Å². The second kappa shape index (κ2) is 9.87. The Balaban J connectivity index is 0.000000758. The van der Waals surface area contributed by atoms with Gasteiger partial charge in [0.05, 0.1) is 5.75 Å². The topological polar surface area (TPSA) is 121 Å². The number of carbonyl (C=O) groups is 2. The molecule has 1 aromatic rings. The first-order chi connectivity index (χ1) is 11.7. The van der Waals surface area contributed by atoms with Crippen molar-refractivity contribution in [3.8, 4) is 0 Å². The van der Waals surface area contributed by atoms with E-state index in [4.69, 9.17) is 15.0 Å². The number of hydrogen-bond acceptors (Lipinski definition) is 4. The van der Waals surface area contributed by atoms with Crippen molar-refractivity contribution in [1.29, 1.82) is 0 Å². The summed E-state index contributed by atoms with van der Waals surface area (Å²) in [6.07, 6.45) is -2.20. The average molecular weight is 401 g/mol. The largest absolute Gasteiger partial charge is 0.490 e. The lowest BCUT2D eigenvalue weighted by molar-refractivity contribution is -0.192. The molecule has 0 aliphatic carbocycles. The van der Waals surface area contributed by atoms with E-state index in [9.17, 15) is 30.8 Å². The van der Waals surface area contributed by atoms with Gasteiger partial charge in [-0.25, -0.2) is 22.3 Å². The molecule has 0 radical (unpaired) electrons. The molecule has 1 aromatic carbocycles. The van der Waals surface area contributed by atoms with Crippen molar-refractivity contribution >= 4 is 28.0 Å². The van der Waals surface area contributed by atoms with Crippen LogP contribution in [-0.2, 0) is 19.6 Å². The number of nitrogens with one attached hydrogen (secondary N) is 1. The lowest BCUT2D eigenvalue weighted by atomic mass is 10.2. The smallest absolute Gasteiger partial charge is 0.480 e. The average Bonchev–Trinajstić information content (AvgIpc) is 2.48. The van der Waals surface area contributed by atoms with Crippen LogP contribution in [-0.4, -0.2) is 48.5 Å². The van der Waals surface area contributed by atoms with Crippen LogP contribution >= 0.6 is 0 Å². The van der Waals surface area contributed by atoms with Crippen molar-refractivity contribution in [1.82, 2.24) is 4.72 Å². The lowest BCUT2D eigenvalue weighted by Crippen LogP contribution is -2.39. The maximum absolute atomic E-state index is 12.6. The Bertz CT molecular complexity index is 744. The first-order valence-corrected chi connectivity index (χ1v) is 8.35. The molecule has 0 amide bonds. The normalized spacial score (nSPS) is 13.0. The number of benzene rings is 1. The van der Waals surface area contributed by atoms with Gasteiger partial charge in [-0.3, -0.25) is 4.79 Å². The zero-order valence-electron chi connectivity index (χ0n) is 13.2. The minimum atomic E-state index is -5.08. The number of hydrogen-bond donors (Lipinski definition) is 3. The molecular weight excluding hydrogens is 386 g/mol. The van der Waals surface area contributed by atoms with Crippen LogP contribution in [0.15, 0.2) is 30.3 Å². The van der Waals surface area contributed by atoms with Gasteiger partial charge in [0.25, 0.3) is 0 Å². The van der Waals surface area contributed by atoms with E-state index in [-0.39, 0.29) is 11.6 Å². The molecule has 146 valence electrons. The fourth-order valence-electron chi connectivity index (χ4n) is 1.25. The summed E-state index contributed by atoms with van der Waals surface area (Å²) in [5.74, 6) is -4.72. The Morgan fingerprint density at radius 2 is 1.65 bits per heavy atom. The van der Waals surface area contributed by atoms with Gasteiger partial charge in [-0.15, -0.1) is 0 Å². The highest BCUT2D eigenvalue weighted by atomic mass is 32.2. The third-order valence-corrected chi connectivity index (χ3v) is 3.81. The molecule has 0 aliphatic heterocycles. The lowest BCUT2D eigenvalue weighted by Gasteiger charge is -2.08. The molecule has 0 aromatic heterocycles. The molecule has 12 heteroatoms. The summed E-state index contributed by atoms with van der Waals surface area (Å²) in [5.41, 5.74) is 0.655. The van der Waals surface area contributed by atoms with Gasteiger partial charge in [0.1, 0.15) is 11.9 Å². The SMILES string of the molecule is CC(NS(=O)(=O)CC=Cc1ccc(F)cc1)C(=O)O.O=C(O)C(F)(F)F. The number of rotatable bonds is 6. The number of halogens is 4. The zero-order valence-corrected chi connectivity index (χ0v) is 14.0. The van der Waals surface area contributed by atoms with Crippen LogP contribution in [0.1, 0.15) is 12.5 Å². The van der Waals surface area contributed by atoms with Gasteiger partial charge < -0.3 is 10.2 Å². The van der Waals surface area contributed by atoms with Crippen LogP contribution < -0.4 is 4.72 Å². The van der Waals surface area contributed by atoms with Gasteiger partial charge in [-0.05, 0) is 24.6 Å². The molecule has 0 bridgehead atoms. The Morgan fingerprint density at radius 3 is 2.04 bits per heavy atom. The summed E-state index contributed by atoms with van der Waals surface area (Å²) in [7, 11) is -3.70. The van der Waals surface area contributed by atoms with Crippen molar-refractivity contribution < 1.29 is 45.8 Å². The molecule has 0 fully saturated rings. The fraction of sp³-hybridized carbons (Fsp3) is 0.286. The van der Waals surface area contributed by atoms with Crippen molar-refractivity contribution in [3.05, 3.63) is 41.7 Å². The molecular formula is C14H15F4NO6S. The Kier molecular flexibility index (Phi) is 8.93. The minimum absolute atomic E-state index is 0.345. The monoisotopic (exact) mass is 401 g/mol. The van der Waals surface area contributed by atoms with Crippen LogP contribution in [0.4, 0.5) is 17.6 Å².